The maximum atomic E-state index is 11.8. The van der Waals surface area contributed by atoms with Crippen LogP contribution < -0.4 is 0 Å². The van der Waals surface area contributed by atoms with Crippen LogP contribution in [0.2, 0.25) is 0 Å². The Labute approximate surface area is 112 Å². The zero-order valence-corrected chi connectivity index (χ0v) is 11.4. The summed E-state index contributed by atoms with van der Waals surface area (Å²) in [5.41, 5.74) is 1.55. The van der Waals surface area contributed by atoms with Gasteiger partial charge in [-0.2, -0.15) is 0 Å². The van der Waals surface area contributed by atoms with Gasteiger partial charge in [0.2, 0.25) is 5.78 Å². The predicted molar refractivity (Wildman–Crippen MR) is 71.1 cm³/mol. The Morgan fingerprint density at radius 3 is 2.16 bits per heavy atom. The van der Waals surface area contributed by atoms with Crippen LogP contribution in [-0.4, -0.2) is 24.1 Å². The van der Waals surface area contributed by atoms with Gasteiger partial charge in [0.1, 0.15) is 0 Å². The Hall–Kier alpha value is -1.97. The highest BCUT2D eigenvalue weighted by molar-refractivity contribution is 6.38. The number of benzene rings is 1. The Kier molecular flexibility index (Phi) is 5.42. The van der Waals surface area contributed by atoms with E-state index in [4.69, 9.17) is 0 Å². The number of Topliss-reactive ketones (excluding diaryl/α,β-unsaturated/α-hetero) is 2. The molecule has 0 bridgehead atoms. The van der Waals surface area contributed by atoms with Gasteiger partial charge in [-0.15, -0.1) is 0 Å². The number of esters is 1. The molecule has 1 rings (SSSR count). The van der Waals surface area contributed by atoms with Crippen LogP contribution in [0.15, 0.2) is 24.3 Å². The van der Waals surface area contributed by atoms with E-state index in [2.05, 4.69) is 18.6 Å². The van der Waals surface area contributed by atoms with Crippen LogP contribution in [0, 0.1) is 0 Å². The second kappa shape index (κ2) is 6.83. The highest BCUT2D eigenvalue weighted by Crippen LogP contribution is 2.15. The Morgan fingerprint density at radius 2 is 1.68 bits per heavy atom. The first-order valence-electron chi connectivity index (χ1n) is 6.28. The number of hydrogen-bond donors (Lipinski definition) is 0. The summed E-state index contributed by atoms with van der Waals surface area (Å²) >= 11 is 0. The Morgan fingerprint density at radius 1 is 1.11 bits per heavy atom. The van der Waals surface area contributed by atoms with Crippen LogP contribution in [0.1, 0.15) is 49.0 Å². The second-order valence-electron chi connectivity index (χ2n) is 4.52. The van der Waals surface area contributed by atoms with E-state index >= 15 is 0 Å². The summed E-state index contributed by atoms with van der Waals surface area (Å²) in [4.78, 5) is 34.3. The molecular weight excluding hydrogens is 244 g/mol. The van der Waals surface area contributed by atoms with E-state index in [1.54, 1.807) is 19.1 Å². The van der Waals surface area contributed by atoms with E-state index in [9.17, 15) is 14.4 Å². The summed E-state index contributed by atoms with van der Waals surface area (Å²) in [5.74, 6) is -1.74. The third kappa shape index (κ3) is 4.32. The molecule has 0 aliphatic heterocycles. The molecule has 4 heteroatoms. The fourth-order valence-corrected chi connectivity index (χ4v) is 1.59. The molecule has 0 aromatic heterocycles. The van der Waals surface area contributed by atoms with Gasteiger partial charge in [0.05, 0.1) is 13.0 Å². The summed E-state index contributed by atoms with van der Waals surface area (Å²) in [7, 11) is 0. The third-order valence-electron chi connectivity index (χ3n) is 2.72. The van der Waals surface area contributed by atoms with Crippen LogP contribution in [0.25, 0.3) is 0 Å². The molecule has 19 heavy (non-hydrogen) atoms. The number of ketones is 2. The van der Waals surface area contributed by atoms with E-state index < -0.39 is 18.2 Å². The van der Waals surface area contributed by atoms with Gasteiger partial charge >= 0.3 is 5.97 Å². The lowest BCUT2D eigenvalue weighted by Crippen LogP contribution is -2.20. The predicted octanol–water partition coefficient (Wildman–Crippen LogP) is 2.52. The first-order valence-corrected chi connectivity index (χ1v) is 6.28. The van der Waals surface area contributed by atoms with E-state index in [0.29, 0.717) is 11.5 Å². The van der Waals surface area contributed by atoms with Gasteiger partial charge < -0.3 is 4.74 Å². The van der Waals surface area contributed by atoms with Gasteiger partial charge in [-0.1, -0.05) is 38.1 Å². The second-order valence-corrected chi connectivity index (χ2v) is 4.52. The zero-order chi connectivity index (χ0) is 14.4. The minimum atomic E-state index is -0.949. The molecule has 0 radical (unpaired) electrons. The monoisotopic (exact) mass is 262 g/mol. The fraction of sp³-hybridized carbons (Fsp3) is 0.400. The van der Waals surface area contributed by atoms with Crippen LogP contribution in [0.3, 0.4) is 0 Å². The minimum absolute atomic E-state index is 0.127. The number of rotatable bonds is 6. The summed E-state index contributed by atoms with van der Waals surface area (Å²) in [6.07, 6.45) is -0.445. The van der Waals surface area contributed by atoms with Crippen LogP contribution >= 0.6 is 0 Å². The quantitative estimate of drug-likeness (QED) is 0.342. The summed E-state index contributed by atoms with van der Waals surface area (Å²) in [6, 6.07) is 7.06. The molecule has 0 saturated carbocycles. The lowest BCUT2D eigenvalue weighted by molar-refractivity contribution is -0.153. The molecule has 1 aromatic rings. The number of hydrogen-bond acceptors (Lipinski definition) is 4. The summed E-state index contributed by atoms with van der Waals surface area (Å²) in [5, 5.41) is 0. The van der Waals surface area contributed by atoms with Crippen LogP contribution in [0.5, 0.6) is 0 Å². The molecule has 0 aliphatic carbocycles. The molecule has 1 aromatic carbocycles. The van der Waals surface area contributed by atoms with Crippen LogP contribution in [0.4, 0.5) is 0 Å². The molecule has 0 atom stereocenters. The number of carbonyl (C=O) groups is 3. The molecule has 0 saturated heterocycles. The van der Waals surface area contributed by atoms with Crippen molar-refractivity contribution in [3.8, 4) is 0 Å². The Bertz CT molecular complexity index is 471. The first-order chi connectivity index (χ1) is 8.95. The van der Waals surface area contributed by atoms with E-state index in [1.807, 2.05) is 12.1 Å². The number of ether oxygens (including phenoxy) is 1. The highest BCUT2D eigenvalue weighted by atomic mass is 16.5. The molecule has 102 valence electrons. The number of carbonyl (C=O) groups excluding carboxylic acids is 3. The summed E-state index contributed by atoms with van der Waals surface area (Å²) in [6.45, 7) is 5.85. The zero-order valence-electron chi connectivity index (χ0n) is 11.4. The van der Waals surface area contributed by atoms with Gasteiger partial charge in [0.15, 0.2) is 5.78 Å². The van der Waals surface area contributed by atoms with Crippen molar-refractivity contribution in [1.82, 2.24) is 0 Å². The van der Waals surface area contributed by atoms with Crippen molar-refractivity contribution in [2.45, 2.75) is 33.1 Å². The molecule has 0 fully saturated rings. The van der Waals surface area contributed by atoms with E-state index in [0.717, 1.165) is 5.56 Å². The SMILES string of the molecule is CCOC(=O)C(=O)CC(=O)c1ccc(C(C)C)cc1. The van der Waals surface area contributed by atoms with E-state index in [1.165, 1.54) is 0 Å². The molecule has 4 nitrogen and oxygen atoms in total. The first kappa shape index (κ1) is 15.1. The normalized spacial score (nSPS) is 10.3. The van der Waals surface area contributed by atoms with Crippen molar-refractivity contribution in [1.29, 1.82) is 0 Å². The van der Waals surface area contributed by atoms with Crippen molar-refractivity contribution in [2.24, 2.45) is 0 Å². The van der Waals surface area contributed by atoms with Gasteiger partial charge in [0.25, 0.3) is 0 Å². The van der Waals surface area contributed by atoms with Crippen molar-refractivity contribution < 1.29 is 19.1 Å². The fourth-order valence-electron chi connectivity index (χ4n) is 1.59. The smallest absolute Gasteiger partial charge is 0.375 e. The van der Waals surface area contributed by atoms with Crippen molar-refractivity contribution in [2.75, 3.05) is 6.61 Å². The van der Waals surface area contributed by atoms with Gasteiger partial charge in [0, 0.05) is 5.56 Å². The molecule has 0 spiro atoms. The third-order valence-corrected chi connectivity index (χ3v) is 2.72. The Balaban J connectivity index is 2.68. The largest absolute Gasteiger partial charge is 0.460 e. The van der Waals surface area contributed by atoms with Crippen molar-refractivity contribution in [3.63, 3.8) is 0 Å². The minimum Gasteiger partial charge on any atom is -0.460 e. The lowest BCUT2D eigenvalue weighted by Gasteiger charge is -2.06. The summed E-state index contributed by atoms with van der Waals surface area (Å²) < 4.78 is 4.55. The average Bonchev–Trinajstić information content (AvgIpc) is 2.38. The highest BCUT2D eigenvalue weighted by Gasteiger charge is 2.19. The van der Waals surface area contributed by atoms with Crippen molar-refractivity contribution >= 4 is 17.5 Å². The standard InChI is InChI=1S/C15H18O4/c1-4-19-15(18)14(17)9-13(16)12-7-5-11(6-8-12)10(2)3/h5-8,10H,4,9H2,1-3H3. The molecule has 0 aliphatic rings. The van der Waals surface area contributed by atoms with E-state index in [-0.39, 0.29) is 12.4 Å². The molecule has 0 unspecified atom stereocenters. The maximum absolute atomic E-state index is 11.8. The molecule has 0 heterocycles. The van der Waals surface area contributed by atoms with Crippen LogP contribution in [-0.2, 0) is 14.3 Å². The molecular formula is C15H18O4. The van der Waals surface area contributed by atoms with Gasteiger partial charge in [-0.05, 0) is 18.4 Å². The van der Waals surface area contributed by atoms with Crippen molar-refractivity contribution in [3.05, 3.63) is 35.4 Å². The topological polar surface area (TPSA) is 60.4 Å². The lowest BCUT2D eigenvalue weighted by atomic mass is 9.99. The molecule has 0 amide bonds. The average molecular weight is 262 g/mol. The molecule has 0 N–H and O–H groups in total. The van der Waals surface area contributed by atoms with Gasteiger partial charge in [-0.25, -0.2) is 4.79 Å². The maximum Gasteiger partial charge on any atom is 0.375 e. The van der Waals surface area contributed by atoms with Gasteiger partial charge in [-0.3, -0.25) is 9.59 Å².